The van der Waals surface area contributed by atoms with Crippen molar-refractivity contribution in [3.63, 3.8) is 0 Å². The number of carboxylic acid groups (broad SMARTS) is 1. The van der Waals surface area contributed by atoms with E-state index in [0.717, 1.165) is 6.42 Å². The minimum absolute atomic E-state index is 0.0269. The lowest BCUT2D eigenvalue weighted by atomic mass is 9.81. The summed E-state index contributed by atoms with van der Waals surface area (Å²) >= 11 is 0. The van der Waals surface area contributed by atoms with E-state index in [2.05, 4.69) is 0 Å². The highest BCUT2D eigenvalue weighted by Crippen LogP contribution is 2.43. The number of hydrogen-bond donors (Lipinski definition) is 2. The molecule has 0 aliphatic heterocycles. The molecule has 0 saturated heterocycles. The van der Waals surface area contributed by atoms with E-state index in [0.29, 0.717) is 19.3 Å². The zero-order valence-corrected chi connectivity index (χ0v) is 10.3. The van der Waals surface area contributed by atoms with E-state index >= 15 is 0 Å². The van der Waals surface area contributed by atoms with Crippen molar-refractivity contribution in [3.8, 4) is 0 Å². The standard InChI is InChI=1S/C12H20O5/c1-8-4-5-10(11(14)15)12(8,16)6-3-7-17-9(2)13/h8,10,16H,3-7H2,1-2H3,(H,14,15)/t8-,10-,12+/m0/s1. The van der Waals surface area contributed by atoms with Crippen molar-refractivity contribution in [1.82, 2.24) is 0 Å². The van der Waals surface area contributed by atoms with Crippen molar-refractivity contribution in [2.75, 3.05) is 6.61 Å². The first-order chi connectivity index (χ1) is 7.88. The molecule has 1 rings (SSSR count). The first-order valence-corrected chi connectivity index (χ1v) is 5.96. The maximum atomic E-state index is 11.1. The maximum Gasteiger partial charge on any atom is 0.309 e. The molecule has 0 aromatic heterocycles. The average molecular weight is 244 g/mol. The molecule has 5 nitrogen and oxygen atoms in total. The van der Waals surface area contributed by atoms with E-state index in [-0.39, 0.29) is 18.5 Å². The van der Waals surface area contributed by atoms with Crippen LogP contribution < -0.4 is 0 Å². The summed E-state index contributed by atoms with van der Waals surface area (Å²) in [6.45, 7) is 3.43. The number of aliphatic carboxylic acids is 1. The Morgan fingerprint density at radius 2 is 2.06 bits per heavy atom. The van der Waals surface area contributed by atoms with Gasteiger partial charge in [-0.05, 0) is 31.6 Å². The molecular formula is C12H20O5. The van der Waals surface area contributed by atoms with E-state index in [1.807, 2.05) is 6.92 Å². The molecule has 98 valence electrons. The summed E-state index contributed by atoms with van der Waals surface area (Å²) < 4.78 is 4.78. The fourth-order valence-corrected chi connectivity index (χ4v) is 2.59. The van der Waals surface area contributed by atoms with Gasteiger partial charge in [0.15, 0.2) is 0 Å². The monoisotopic (exact) mass is 244 g/mol. The van der Waals surface area contributed by atoms with Crippen LogP contribution in [-0.4, -0.2) is 34.4 Å². The number of carboxylic acids is 1. The smallest absolute Gasteiger partial charge is 0.309 e. The van der Waals surface area contributed by atoms with Crippen LogP contribution in [0.25, 0.3) is 0 Å². The molecule has 1 fully saturated rings. The molecule has 0 bridgehead atoms. The van der Waals surface area contributed by atoms with Crippen molar-refractivity contribution in [1.29, 1.82) is 0 Å². The van der Waals surface area contributed by atoms with Crippen molar-refractivity contribution in [2.24, 2.45) is 11.8 Å². The molecule has 5 heteroatoms. The number of hydrogen-bond acceptors (Lipinski definition) is 4. The number of carbonyl (C=O) groups excluding carboxylic acids is 1. The average Bonchev–Trinajstić information content (AvgIpc) is 2.51. The topological polar surface area (TPSA) is 83.8 Å². The van der Waals surface area contributed by atoms with Gasteiger partial charge in [-0.15, -0.1) is 0 Å². The van der Waals surface area contributed by atoms with Gasteiger partial charge < -0.3 is 14.9 Å². The molecule has 0 heterocycles. The predicted molar refractivity (Wildman–Crippen MR) is 60.3 cm³/mol. The van der Waals surface area contributed by atoms with Gasteiger partial charge in [-0.2, -0.15) is 0 Å². The Labute approximate surface area is 101 Å². The predicted octanol–water partition coefficient (Wildman–Crippen LogP) is 1.19. The quantitative estimate of drug-likeness (QED) is 0.560. The van der Waals surface area contributed by atoms with Gasteiger partial charge in [0, 0.05) is 6.92 Å². The molecule has 1 saturated carbocycles. The molecule has 0 aromatic carbocycles. The van der Waals surface area contributed by atoms with Crippen molar-refractivity contribution >= 4 is 11.9 Å². The van der Waals surface area contributed by atoms with E-state index in [1.165, 1.54) is 6.92 Å². The van der Waals surface area contributed by atoms with E-state index in [4.69, 9.17) is 9.84 Å². The lowest BCUT2D eigenvalue weighted by molar-refractivity contribution is -0.153. The third kappa shape index (κ3) is 3.19. The maximum absolute atomic E-state index is 11.1. The minimum Gasteiger partial charge on any atom is -0.481 e. The molecule has 0 radical (unpaired) electrons. The van der Waals surface area contributed by atoms with Gasteiger partial charge in [0.25, 0.3) is 0 Å². The molecule has 3 atom stereocenters. The van der Waals surface area contributed by atoms with Gasteiger partial charge in [-0.1, -0.05) is 6.92 Å². The van der Waals surface area contributed by atoms with E-state index < -0.39 is 17.5 Å². The first-order valence-electron chi connectivity index (χ1n) is 5.96. The second kappa shape index (κ2) is 5.49. The van der Waals surface area contributed by atoms with Crippen molar-refractivity contribution in [3.05, 3.63) is 0 Å². The van der Waals surface area contributed by atoms with Crippen LogP contribution >= 0.6 is 0 Å². The Bertz CT molecular complexity index is 301. The number of ether oxygens (including phenoxy) is 1. The van der Waals surface area contributed by atoms with Crippen LogP contribution in [0.1, 0.15) is 39.5 Å². The van der Waals surface area contributed by atoms with Crippen LogP contribution in [0.5, 0.6) is 0 Å². The van der Waals surface area contributed by atoms with Gasteiger partial charge in [0.2, 0.25) is 0 Å². The lowest BCUT2D eigenvalue weighted by Crippen LogP contribution is -2.42. The fraction of sp³-hybridized carbons (Fsp3) is 0.833. The Balaban J connectivity index is 2.52. The summed E-state index contributed by atoms with van der Waals surface area (Å²) in [4.78, 5) is 21.6. The van der Waals surface area contributed by atoms with Crippen LogP contribution in [0.15, 0.2) is 0 Å². The Hall–Kier alpha value is -1.10. The summed E-state index contributed by atoms with van der Waals surface area (Å²) in [7, 11) is 0. The zero-order valence-electron chi connectivity index (χ0n) is 10.3. The van der Waals surface area contributed by atoms with Gasteiger partial charge in [-0.3, -0.25) is 9.59 Å². The number of aliphatic hydroxyl groups is 1. The molecule has 17 heavy (non-hydrogen) atoms. The van der Waals surface area contributed by atoms with Crippen molar-refractivity contribution in [2.45, 2.75) is 45.1 Å². The zero-order chi connectivity index (χ0) is 13.1. The van der Waals surface area contributed by atoms with Crippen molar-refractivity contribution < 1.29 is 24.5 Å². The normalized spacial score (nSPS) is 32.4. The second-order valence-corrected chi connectivity index (χ2v) is 4.80. The fourth-order valence-electron chi connectivity index (χ4n) is 2.59. The molecule has 1 aliphatic carbocycles. The first kappa shape index (κ1) is 14.0. The summed E-state index contributed by atoms with van der Waals surface area (Å²) in [6, 6.07) is 0. The summed E-state index contributed by atoms with van der Waals surface area (Å²) in [5.74, 6) is -2.02. The molecule has 2 N–H and O–H groups in total. The van der Waals surface area contributed by atoms with Crippen LogP contribution in [0, 0.1) is 11.8 Å². The summed E-state index contributed by atoms with van der Waals surface area (Å²) in [5.41, 5.74) is -1.16. The van der Waals surface area contributed by atoms with Gasteiger partial charge in [-0.25, -0.2) is 0 Å². The second-order valence-electron chi connectivity index (χ2n) is 4.80. The van der Waals surface area contributed by atoms with Crippen LogP contribution in [0.4, 0.5) is 0 Å². The van der Waals surface area contributed by atoms with Gasteiger partial charge in [0.1, 0.15) is 0 Å². The Morgan fingerprint density at radius 3 is 2.59 bits per heavy atom. The largest absolute Gasteiger partial charge is 0.481 e. The summed E-state index contributed by atoms with van der Waals surface area (Å²) in [5, 5.41) is 19.5. The highest BCUT2D eigenvalue weighted by atomic mass is 16.5. The third-order valence-corrected chi connectivity index (χ3v) is 3.67. The van der Waals surface area contributed by atoms with Gasteiger partial charge in [0.05, 0.1) is 18.1 Å². The SMILES string of the molecule is CC(=O)OCCC[C@@]1(O)[C@@H](C)CC[C@H]1C(=O)O. The molecule has 0 spiro atoms. The third-order valence-electron chi connectivity index (χ3n) is 3.67. The summed E-state index contributed by atoms with van der Waals surface area (Å²) in [6.07, 6.45) is 2.09. The Kier molecular flexibility index (Phi) is 4.51. The van der Waals surface area contributed by atoms with Gasteiger partial charge >= 0.3 is 11.9 Å². The molecule has 0 aromatic rings. The Morgan fingerprint density at radius 1 is 1.41 bits per heavy atom. The number of carbonyl (C=O) groups is 2. The van der Waals surface area contributed by atoms with Crippen LogP contribution in [-0.2, 0) is 14.3 Å². The highest BCUT2D eigenvalue weighted by molar-refractivity contribution is 5.72. The molecule has 0 unspecified atom stereocenters. The van der Waals surface area contributed by atoms with E-state index in [1.54, 1.807) is 0 Å². The highest BCUT2D eigenvalue weighted by Gasteiger charge is 2.49. The van der Waals surface area contributed by atoms with Crippen LogP contribution in [0.3, 0.4) is 0 Å². The number of esters is 1. The van der Waals surface area contributed by atoms with E-state index in [9.17, 15) is 14.7 Å². The molecule has 1 aliphatic rings. The van der Waals surface area contributed by atoms with Crippen LogP contribution in [0.2, 0.25) is 0 Å². The molecular weight excluding hydrogens is 224 g/mol. The lowest BCUT2D eigenvalue weighted by Gasteiger charge is -2.31. The molecule has 0 amide bonds. The minimum atomic E-state index is -1.16. The number of rotatable bonds is 5.